The average Bonchev–Trinajstić information content (AvgIpc) is 2.96. The Hall–Kier alpha value is -2.66. The van der Waals surface area contributed by atoms with Crippen molar-refractivity contribution in [2.45, 2.75) is 32.6 Å². The van der Waals surface area contributed by atoms with Crippen LogP contribution < -0.4 is 10.2 Å². The minimum absolute atomic E-state index is 0.186. The van der Waals surface area contributed by atoms with Gasteiger partial charge in [0.15, 0.2) is 0 Å². The lowest BCUT2D eigenvalue weighted by molar-refractivity contribution is -0.122. The second-order valence-electron chi connectivity index (χ2n) is 7.39. The van der Waals surface area contributed by atoms with E-state index in [9.17, 15) is 14.4 Å². The molecule has 1 aliphatic carbocycles. The van der Waals surface area contributed by atoms with Crippen LogP contribution in [0.4, 0.5) is 11.4 Å². The highest BCUT2D eigenvalue weighted by Gasteiger charge is 2.49. The second kappa shape index (κ2) is 7.40. The molecule has 0 bridgehead atoms. The number of para-hydroxylation sites is 1. The second-order valence-corrected chi connectivity index (χ2v) is 7.80. The zero-order valence-electron chi connectivity index (χ0n) is 15.6. The Labute approximate surface area is 168 Å². The molecule has 0 aromatic heterocycles. The molecule has 0 unspecified atom stereocenters. The van der Waals surface area contributed by atoms with Crippen LogP contribution in [0.2, 0.25) is 5.02 Å². The zero-order valence-corrected chi connectivity index (χ0v) is 16.3. The number of anilines is 2. The fraction of sp³-hybridized carbons (Fsp3) is 0.318. The van der Waals surface area contributed by atoms with E-state index < -0.39 is 0 Å². The molecule has 2 fully saturated rings. The van der Waals surface area contributed by atoms with Gasteiger partial charge >= 0.3 is 0 Å². The number of carbonyl (C=O) groups is 3. The van der Waals surface area contributed by atoms with Crippen molar-refractivity contribution in [1.82, 2.24) is 0 Å². The summed E-state index contributed by atoms with van der Waals surface area (Å²) in [5.74, 6) is -1.26. The fourth-order valence-corrected chi connectivity index (χ4v) is 4.37. The van der Waals surface area contributed by atoms with Crippen LogP contribution in [0.5, 0.6) is 0 Å². The average molecular weight is 397 g/mol. The predicted molar refractivity (Wildman–Crippen MR) is 109 cm³/mol. The van der Waals surface area contributed by atoms with Crippen molar-refractivity contribution < 1.29 is 14.4 Å². The monoisotopic (exact) mass is 396 g/mol. The quantitative estimate of drug-likeness (QED) is 0.772. The normalized spacial score (nSPS) is 21.6. The number of halogens is 1. The first kappa shape index (κ1) is 18.7. The van der Waals surface area contributed by atoms with Gasteiger partial charge in [-0.05, 0) is 49.6 Å². The molecule has 1 saturated heterocycles. The van der Waals surface area contributed by atoms with Crippen LogP contribution in [0.1, 0.15) is 41.6 Å². The first-order chi connectivity index (χ1) is 13.5. The van der Waals surface area contributed by atoms with Gasteiger partial charge in [-0.2, -0.15) is 0 Å². The van der Waals surface area contributed by atoms with Crippen molar-refractivity contribution in [2.75, 3.05) is 10.2 Å². The van der Waals surface area contributed by atoms with Gasteiger partial charge in [0.25, 0.3) is 5.91 Å². The van der Waals surface area contributed by atoms with Crippen LogP contribution in [0, 0.1) is 18.8 Å². The molecule has 2 aromatic carbocycles. The molecule has 5 nitrogen and oxygen atoms in total. The smallest absolute Gasteiger partial charge is 0.257 e. The van der Waals surface area contributed by atoms with Gasteiger partial charge < -0.3 is 5.32 Å². The Morgan fingerprint density at radius 1 is 1.00 bits per heavy atom. The van der Waals surface area contributed by atoms with E-state index >= 15 is 0 Å². The standard InChI is InChI=1S/C22H21ClN2O3/c1-13-17(23)10-6-11-18(13)24-20(26)16-9-4-5-12-19(16)25-21(27)14-7-2-3-8-15(14)22(25)28/h4-6,9-12,14-15H,2-3,7-8H2,1H3,(H,24,26)/t14-,15-/m0/s1. The van der Waals surface area contributed by atoms with E-state index in [0.29, 0.717) is 22.0 Å². The van der Waals surface area contributed by atoms with Crippen LogP contribution in [0.25, 0.3) is 0 Å². The molecule has 3 amide bonds. The zero-order chi connectivity index (χ0) is 19.8. The summed E-state index contributed by atoms with van der Waals surface area (Å²) in [4.78, 5) is 40.1. The van der Waals surface area contributed by atoms with Crippen molar-refractivity contribution in [3.63, 3.8) is 0 Å². The number of amides is 3. The number of nitrogens with zero attached hydrogens (tertiary/aromatic N) is 1. The van der Waals surface area contributed by atoms with E-state index in [0.717, 1.165) is 31.2 Å². The maximum Gasteiger partial charge on any atom is 0.257 e. The summed E-state index contributed by atoms with van der Waals surface area (Å²) in [6, 6.07) is 12.0. The van der Waals surface area contributed by atoms with E-state index in [1.807, 2.05) is 6.92 Å². The van der Waals surface area contributed by atoms with Crippen molar-refractivity contribution in [3.8, 4) is 0 Å². The number of hydrogen-bond acceptors (Lipinski definition) is 3. The third-order valence-corrected chi connectivity index (χ3v) is 6.16. The Bertz CT molecular complexity index is 948. The van der Waals surface area contributed by atoms with Gasteiger partial charge in [-0.1, -0.05) is 42.6 Å². The Kier molecular flexibility index (Phi) is 4.94. The topological polar surface area (TPSA) is 66.5 Å². The van der Waals surface area contributed by atoms with Gasteiger partial charge in [-0.3, -0.25) is 14.4 Å². The van der Waals surface area contributed by atoms with Gasteiger partial charge in [0.05, 0.1) is 23.1 Å². The third kappa shape index (κ3) is 3.10. The van der Waals surface area contributed by atoms with Gasteiger partial charge in [0, 0.05) is 10.7 Å². The molecule has 28 heavy (non-hydrogen) atoms. The summed E-state index contributed by atoms with van der Waals surface area (Å²) in [5.41, 5.74) is 2.00. The number of nitrogens with one attached hydrogen (secondary N) is 1. The SMILES string of the molecule is Cc1c(Cl)cccc1NC(=O)c1ccccc1N1C(=O)[C@H]2CCCC[C@@H]2C1=O. The highest BCUT2D eigenvalue weighted by Crippen LogP contribution is 2.41. The van der Waals surface area contributed by atoms with Crippen molar-refractivity contribution in [1.29, 1.82) is 0 Å². The van der Waals surface area contributed by atoms with E-state index in [1.165, 1.54) is 4.90 Å². The maximum absolute atomic E-state index is 13.0. The van der Waals surface area contributed by atoms with Crippen molar-refractivity contribution in [2.24, 2.45) is 11.8 Å². The summed E-state index contributed by atoms with van der Waals surface area (Å²) >= 11 is 6.14. The maximum atomic E-state index is 13.0. The van der Waals surface area contributed by atoms with Crippen LogP contribution in [0.15, 0.2) is 42.5 Å². The van der Waals surface area contributed by atoms with Crippen LogP contribution in [-0.4, -0.2) is 17.7 Å². The van der Waals surface area contributed by atoms with Gasteiger partial charge in [0.2, 0.25) is 11.8 Å². The Morgan fingerprint density at radius 3 is 2.32 bits per heavy atom. The highest BCUT2D eigenvalue weighted by atomic mass is 35.5. The highest BCUT2D eigenvalue weighted by molar-refractivity contribution is 6.32. The Balaban J connectivity index is 1.67. The van der Waals surface area contributed by atoms with Crippen LogP contribution in [-0.2, 0) is 9.59 Å². The minimum Gasteiger partial charge on any atom is -0.322 e. The number of hydrogen-bond donors (Lipinski definition) is 1. The van der Waals surface area contributed by atoms with E-state index in [-0.39, 0.29) is 29.6 Å². The lowest BCUT2D eigenvalue weighted by atomic mass is 9.81. The molecule has 144 valence electrons. The molecule has 0 spiro atoms. The van der Waals surface area contributed by atoms with Crippen LogP contribution in [0.3, 0.4) is 0 Å². The molecule has 2 aromatic rings. The molecule has 1 saturated carbocycles. The molecule has 1 heterocycles. The van der Waals surface area contributed by atoms with E-state index in [1.54, 1.807) is 42.5 Å². The van der Waals surface area contributed by atoms with Gasteiger partial charge in [-0.25, -0.2) is 4.90 Å². The molecule has 1 aliphatic heterocycles. The summed E-state index contributed by atoms with van der Waals surface area (Å²) in [7, 11) is 0. The molecular weight excluding hydrogens is 376 g/mol. The number of carbonyl (C=O) groups excluding carboxylic acids is 3. The lowest BCUT2D eigenvalue weighted by Crippen LogP contribution is -2.33. The number of rotatable bonds is 3. The number of imide groups is 1. The molecule has 2 aliphatic rings. The van der Waals surface area contributed by atoms with Crippen molar-refractivity contribution in [3.05, 3.63) is 58.6 Å². The minimum atomic E-state index is -0.378. The predicted octanol–water partition coefficient (Wildman–Crippen LogP) is 4.58. The largest absolute Gasteiger partial charge is 0.322 e. The number of benzene rings is 2. The van der Waals surface area contributed by atoms with Gasteiger partial charge in [-0.15, -0.1) is 0 Å². The van der Waals surface area contributed by atoms with E-state index in [2.05, 4.69) is 5.32 Å². The molecule has 6 heteroatoms. The summed E-state index contributed by atoms with van der Waals surface area (Å²) in [5, 5.41) is 3.41. The molecule has 0 radical (unpaired) electrons. The molecule has 1 N–H and O–H groups in total. The first-order valence-electron chi connectivity index (χ1n) is 9.52. The Morgan fingerprint density at radius 2 is 1.64 bits per heavy atom. The van der Waals surface area contributed by atoms with Crippen LogP contribution >= 0.6 is 11.6 Å². The van der Waals surface area contributed by atoms with Crippen molar-refractivity contribution >= 4 is 40.7 Å². The van der Waals surface area contributed by atoms with E-state index in [4.69, 9.17) is 11.6 Å². The molecule has 4 rings (SSSR count). The fourth-order valence-electron chi connectivity index (χ4n) is 4.19. The summed E-state index contributed by atoms with van der Waals surface area (Å²) in [6.45, 7) is 1.82. The van der Waals surface area contributed by atoms with Gasteiger partial charge in [0.1, 0.15) is 0 Å². The third-order valence-electron chi connectivity index (χ3n) is 5.75. The summed E-state index contributed by atoms with van der Waals surface area (Å²) < 4.78 is 0. The summed E-state index contributed by atoms with van der Waals surface area (Å²) in [6.07, 6.45) is 3.40. The molecular formula is C22H21ClN2O3. The molecule has 2 atom stereocenters. The first-order valence-corrected chi connectivity index (χ1v) is 9.90. The number of fused-ring (bicyclic) bond motifs is 1. The lowest BCUT2D eigenvalue weighted by Gasteiger charge is -2.19.